The van der Waals surface area contributed by atoms with Gasteiger partial charge in [0.15, 0.2) is 0 Å². The SMILES string of the molecule is O=S(=O)(NC1CCc2nnc(C3CC3)n2CC1)c1ccccc1C(F)(F)F. The van der Waals surface area contributed by atoms with E-state index in [0.29, 0.717) is 31.7 Å². The van der Waals surface area contributed by atoms with Gasteiger partial charge in [0.1, 0.15) is 11.6 Å². The number of nitrogens with zero attached hydrogens (tertiary/aromatic N) is 3. The lowest BCUT2D eigenvalue weighted by atomic mass is 10.1. The molecule has 1 N–H and O–H groups in total. The van der Waals surface area contributed by atoms with Gasteiger partial charge in [-0.15, -0.1) is 10.2 Å². The van der Waals surface area contributed by atoms with Gasteiger partial charge in [0, 0.05) is 24.9 Å². The van der Waals surface area contributed by atoms with Gasteiger partial charge in [-0.3, -0.25) is 0 Å². The van der Waals surface area contributed by atoms with E-state index in [1.54, 1.807) is 0 Å². The third kappa shape index (κ3) is 3.73. The number of nitrogens with one attached hydrogen (secondary N) is 1. The molecule has 10 heteroatoms. The fraction of sp³-hybridized carbons (Fsp3) is 0.529. The summed E-state index contributed by atoms with van der Waals surface area (Å²) in [5.74, 6) is 2.18. The van der Waals surface area contributed by atoms with Crippen LogP contribution in [0.25, 0.3) is 0 Å². The molecule has 1 fully saturated rings. The molecule has 4 rings (SSSR count). The predicted octanol–water partition coefficient (Wildman–Crippen LogP) is 2.86. The van der Waals surface area contributed by atoms with Gasteiger partial charge in [-0.1, -0.05) is 12.1 Å². The molecular formula is C17H19F3N4O2S. The van der Waals surface area contributed by atoms with Gasteiger partial charge in [-0.2, -0.15) is 13.2 Å². The standard InChI is InChI=1S/C17H19F3N4O2S/c18-17(19,20)13-3-1-2-4-14(13)27(25,26)23-12-7-8-15-21-22-16(11-5-6-11)24(15)10-9-12/h1-4,11-12,23H,5-10H2. The third-order valence-corrected chi connectivity index (χ3v) is 6.60. The van der Waals surface area contributed by atoms with E-state index >= 15 is 0 Å². The van der Waals surface area contributed by atoms with E-state index in [-0.39, 0.29) is 0 Å². The first kappa shape index (κ1) is 18.4. The van der Waals surface area contributed by atoms with Crippen molar-refractivity contribution in [2.45, 2.75) is 61.7 Å². The normalized spacial score (nSPS) is 20.9. The smallest absolute Gasteiger partial charge is 0.315 e. The molecule has 0 spiro atoms. The molecule has 146 valence electrons. The summed E-state index contributed by atoms with van der Waals surface area (Å²) in [4.78, 5) is -0.736. The highest BCUT2D eigenvalue weighted by Gasteiger charge is 2.38. The molecule has 2 aromatic rings. The number of aryl methyl sites for hydroxylation is 1. The molecule has 1 unspecified atom stereocenters. The van der Waals surface area contributed by atoms with Crippen molar-refractivity contribution in [3.63, 3.8) is 0 Å². The number of hydrogen-bond donors (Lipinski definition) is 1. The molecule has 1 aromatic carbocycles. The van der Waals surface area contributed by atoms with Crippen molar-refractivity contribution in [3.05, 3.63) is 41.5 Å². The van der Waals surface area contributed by atoms with Gasteiger partial charge in [-0.25, -0.2) is 13.1 Å². The van der Waals surface area contributed by atoms with Crippen LogP contribution in [0.2, 0.25) is 0 Å². The maximum absolute atomic E-state index is 13.2. The van der Waals surface area contributed by atoms with Gasteiger partial charge < -0.3 is 4.57 Å². The summed E-state index contributed by atoms with van der Waals surface area (Å²) in [6.07, 6.45) is -1.07. The van der Waals surface area contributed by atoms with E-state index in [2.05, 4.69) is 14.9 Å². The molecule has 1 atom stereocenters. The first-order chi connectivity index (χ1) is 12.8. The van der Waals surface area contributed by atoms with Gasteiger partial charge in [0.2, 0.25) is 10.0 Å². The molecule has 0 bridgehead atoms. The number of fused-ring (bicyclic) bond motifs is 1. The number of rotatable bonds is 4. The number of sulfonamides is 1. The van der Waals surface area contributed by atoms with E-state index in [4.69, 9.17) is 0 Å². The molecule has 1 aromatic heterocycles. The lowest BCUT2D eigenvalue weighted by Crippen LogP contribution is -2.36. The van der Waals surface area contributed by atoms with Gasteiger partial charge in [0.05, 0.1) is 10.5 Å². The Hall–Kier alpha value is -1.94. The van der Waals surface area contributed by atoms with Crippen LogP contribution in [0.1, 0.15) is 48.8 Å². The lowest BCUT2D eigenvalue weighted by molar-refractivity contribution is -0.139. The fourth-order valence-corrected chi connectivity index (χ4v) is 5.02. The van der Waals surface area contributed by atoms with Gasteiger partial charge >= 0.3 is 6.18 Å². The van der Waals surface area contributed by atoms with Crippen molar-refractivity contribution < 1.29 is 21.6 Å². The van der Waals surface area contributed by atoms with Crippen molar-refractivity contribution in [2.24, 2.45) is 0 Å². The molecule has 0 amide bonds. The minimum absolute atomic E-state index is 0.429. The summed E-state index contributed by atoms with van der Waals surface area (Å²) in [7, 11) is -4.29. The Labute approximate surface area is 154 Å². The fourth-order valence-electron chi connectivity index (χ4n) is 3.49. The van der Waals surface area contributed by atoms with Crippen molar-refractivity contribution in [2.75, 3.05) is 0 Å². The van der Waals surface area contributed by atoms with Crippen LogP contribution >= 0.6 is 0 Å². The van der Waals surface area contributed by atoms with Crippen molar-refractivity contribution in [1.82, 2.24) is 19.5 Å². The Balaban J connectivity index is 1.53. The Morgan fingerprint density at radius 3 is 2.52 bits per heavy atom. The summed E-state index contributed by atoms with van der Waals surface area (Å²) >= 11 is 0. The molecule has 6 nitrogen and oxygen atoms in total. The van der Waals surface area contributed by atoms with Crippen LogP contribution in [0.5, 0.6) is 0 Å². The van der Waals surface area contributed by atoms with Crippen molar-refractivity contribution in [3.8, 4) is 0 Å². The van der Waals surface area contributed by atoms with Crippen molar-refractivity contribution >= 4 is 10.0 Å². The summed E-state index contributed by atoms with van der Waals surface area (Å²) in [5.41, 5.74) is -1.15. The van der Waals surface area contributed by atoms with E-state index < -0.39 is 32.7 Å². The summed E-state index contributed by atoms with van der Waals surface area (Å²) in [5, 5.41) is 8.44. The molecule has 1 aliphatic carbocycles. The Bertz CT molecular complexity index is 951. The second-order valence-corrected chi connectivity index (χ2v) is 8.72. The van der Waals surface area contributed by atoms with Crippen LogP contribution in [0, 0.1) is 0 Å². The first-order valence-electron chi connectivity index (χ1n) is 8.86. The van der Waals surface area contributed by atoms with Crippen LogP contribution in [-0.2, 0) is 29.2 Å². The second-order valence-electron chi connectivity index (χ2n) is 7.04. The zero-order chi connectivity index (χ0) is 19.2. The number of alkyl halides is 3. The monoisotopic (exact) mass is 400 g/mol. The highest BCUT2D eigenvalue weighted by molar-refractivity contribution is 7.89. The van der Waals surface area contributed by atoms with Crippen LogP contribution in [0.15, 0.2) is 29.2 Å². The van der Waals surface area contributed by atoms with E-state index in [9.17, 15) is 21.6 Å². The largest absolute Gasteiger partial charge is 0.417 e. The molecule has 1 saturated carbocycles. The maximum Gasteiger partial charge on any atom is 0.417 e. The molecule has 27 heavy (non-hydrogen) atoms. The maximum atomic E-state index is 13.2. The average molecular weight is 400 g/mol. The molecule has 1 aliphatic heterocycles. The molecule has 2 heterocycles. The van der Waals surface area contributed by atoms with Crippen molar-refractivity contribution in [1.29, 1.82) is 0 Å². The summed E-state index contributed by atoms with van der Waals surface area (Å²) < 4.78 is 69.3. The van der Waals surface area contributed by atoms with E-state index in [1.807, 2.05) is 4.57 Å². The lowest BCUT2D eigenvalue weighted by Gasteiger charge is -2.19. The van der Waals surface area contributed by atoms with E-state index in [0.717, 1.165) is 36.6 Å². The summed E-state index contributed by atoms with van der Waals surface area (Å²) in [6.45, 7) is 0.558. The second kappa shape index (κ2) is 6.59. The molecular weight excluding hydrogens is 381 g/mol. The molecule has 0 saturated heterocycles. The average Bonchev–Trinajstić information content (AvgIpc) is 3.40. The van der Waals surface area contributed by atoms with E-state index in [1.165, 1.54) is 12.1 Å². The Kier molecular flexibility index (Phi) is 4.50. The first-order valence-corrected chi connectivity index (χ1v) is 10.3. The zero-order valence-corrected chi connectivity index (χ0v) is 15.2. The van der Waals surface area contributed by atoms with Crippen LogP contribution < -0.4 is 4.72 Å². The predicted molar refractivity (Wildman–Crippen MR) is 90.5 cm³/mol. The Morgan fingerprint density at radius 2 is 1.81 bits per heavy atom. The van der Waals surface area contributed by atoms with Crippen LogP contribution in [-0.4, -0.2) is 29.2 Å². The number of aromatic nitrogens is 3. The minimum Gasteiger partial charge on any atom is -0.315 e. The minimum atomic E-state index is -4.73. The zero-order valence-electron chi connectivity index (χ0n) is 14.4. The highest BCUT2D eigenvalue weighted by Crippen LogP contribution is 2.40. The highest BCUT2D eigenvalue weighted by atomic mass is 32.2. The number of halogens is 3. The van der Waals surface area contributed by atoms with Crippen LogP contribution in [0.3, 0.4) is 0 Å². The third-order valence-electron chi connectivity index (χ3n) is 5.02. The van der Waals surface area contributed by atoms with Crippen LogP contribution in [0.4, 0.5) is 13.2 Å². The summed E-state index contributed by atoms with van der Waals surface area (Å²) in [6, 6.07) is 3.79. The number of benzene rings is 1. The van der Waals surface area contributed by atoms with Gasteiger partial charge in [-0.05, 0) is 37.8 Å². The molecule has 0 radical (unpaired) electrons. The quantitative estimate of drug-likeness (QED) is 0.856. The molecule has 2 aliphatic rings. The number of hydrogen-bond acceptors (Lipinski definition) is 4. The topological polar surface area (TPSA) is 76.9 Å². The van der Waals surface area contributed by atoms with Gasteiger partial charge in [0.25, 0.3) is 0 Å². The Morgan fingerprint density at radius 1 is 1.07 bits per heavy atom.